The fourth-order valence-electron chi connectivity index (χ4n) is 1.59. The van der Waals surface area contributed by atoms with Crippen molar-refractivity contribution < 1.29 is 4.79 Å². The molecule has 1 aliphatic rings. The van der Waals surface area contributed by atoms with Gasteiger partial charge in [0.2, 0.25) is 5.91 Å². The average Bonchev–Trinajstić information content (AvgIpc) is 2.48. The van der Waals surface area contributed by atoms with Crippen LogP contribution in [0.5, 0.6) is 0 Å². The number of hydrogen-bond donors (Lipinski definition) is 2. The Morgan fingerprint density at radius 1 is 1.62 bits per heavy atom. The molecule has 1 fully saturated rings. The molecule has 13 heavy (non-hydrogen) atoms. The van der Waals surface area contributed by atoms with Crippen LogP contribution in [0.1, 0.15) is 20.3 Å². The summed E-state index contributed by atoms with van der Waals surface area (Å²) >= 11 is 0. The molecule has 3 N–H and O–H groups in total. The van der Waals surface area contributed by atoms with Crippen LogP contribution in [0, 0.1) is 0 Å². The maximum absolute atomic E-state index is 11.7. The van der Waals surface area contributed by atoms with Crippen molar-refractivity contribution in [2.45, 2.75) is 31.8 Å². The van der Waals surface area contributed by atoms with Crippen molar-refractivity contribution in [2.75, 3.05) is 20.1 Å². The van der Waals surface area contributed by atoms with E-state index in [4.69, 9.17) is 5.73 Å². The number of likely N-dealkylation sites (N-methyl/N-ethyl adjacent to an activating group) is 1. The molecule has 0 radical (unpaired) electrons. The van der Waals surface area contributed by atoms with Gasteiger partial charge in [0.25, 0.3) is 0 Å². The first-order valence-corrected chi connectivity index (χ1v) is 4.70. The number of carbonyl (C=O) groups excluding carboxylic acids is 1. The van der Waals surface area contributed by atoms with E-state index in [1.807, 2.05) is 11.9 Å². The van der Waals surface area contributed by atoms with Gasteiger partial charge in [0.05, 0.1) is 5.54 Å². The summed E-state index contributed by atoms with van der Waals surface area (Å²) in [6.07, 6.45) is 1.03. The molecule has 0 aromatic rings. The Morgan fingerprint density at radius 2 is 2.23 bits per heavy atom. The van der Waals surface area contributed by atoms with Crippen LogP contribution in [0.15, 0.2) is 0 Å². The summed E-state index contributed by atoms with van der Waals surface area (Å²) in [4.78, 5) is 13.5. The lowest BCUT2D eigenvalue weighted by atomic mass is 10.1. The van der Waals surface area contributed by atoms with Crippen molar-refractivity contribution in [3.8, 4) is 0 Å². The molecule has 0 aromatic heterocycles. The van der Waals surface area contributed by atoms with Crippen LogP contribution in [0.2, 0.25) is 0 Å². The molecule has 0 saturated carbocycles. The predicted molar refractivity (Wildman–Crippen MR) is 52.3 cm³/mol. The minimum atomic E-state index is -0.734. The van der Waals surface area contributed by atoms with E-state index in [1.54, 1.807) is 13.8 Å². The zero-order chi connectivity index (χ0) is 10.1. The van der Waals surface area contributed by atoms with Gasteiger partial charge in [-0.05, 0) is 27.3 Å². The van der Waals surface area contributed by atoms with Gasteiger partial charge < -0.3 is 16.0 Å². The van der Waals surface area contributed by atoms with E-state index in [0.717, 1.165) is 19.5 Å². The third-order valence-electron chi connectivity index (χ3n) is 2.43. The molecule has 76 valence electrons. The fourth-order valence-corrected chi connectivity index (χ4v) is 1.59. The van der Waals surface area contributed by atoms with Crippen molar-refractivity contribution >= 4 is 5.91 Å². The van der Waals surface area contributed by atoms with Crippen LogP contribution >= 0.6 is 0 Å². The molecule has 4 nitrogen and oxygen atoms in total. The maximum Gasteiger partial charge on any atom is 0.242 e. The molecule has 0 aliphatic carbocycles. The lowest BCUT2D eigenvalue weighted by Crippen LogP contribution is -2.50. The standard InChI is InChI=1S/C9H19N3O/c1-9(2,10)8(13)12-5-4-7(6-12)11-3/h7,11H,4-6,10H2,1-3H3. The topological polar surface area (TPSA) is 58.4 Å². The van der Waals surface area contributed by atoms with Crippen LogP contribution in [-0.4, -0.2) is 42.5 Å². The maximum atomic E-state index is 11.7. The highest BCUT2D eigenvalue weighted by atomic mass is 16.2. The summed E-state index contributed by atoms with van der Waals surface area (Å²) in [5, 5.41) is 3.17. The van der Waals surface area contributed by atoms with Crippen molar-refractivity contribution in [1.29, 1.82) is 0 Å². The van der Waals surface area contributed by atoms with Crippen molar-refractivity contribution in [2.24, 2.45) is 5.73 Å². The van der Waals surface area contributed by atoms with Crippen molar-refractivity contribution in [3.05, 3.63) is 0 Å². The van der Waals surface area contributed by atoms with Crippen molar-refractivity contribution in [3.63, 3.8) is 0 Å². The molecule has 1 atom stereocenters. The van der Waals surface area contributed by atoms with Gasteiger partial charge in [-0.3, -0.25) is 4.79 Å². The molecule has 1 amide bonds. The number of rotatable bonds is 2. The lowest BCUT2D eigenvalue weighted by Gasteiger charge is -2.25. The molecule has 1 heterocycles. The molecule has 1 saturated heterocycles. The Hall–Kier alpha value is -0.610. The third kappa shape index (κ3) is 2.42. The highest BCUT2D eigenvalue weighted by Gasteiger charge is 2.32. The minimum absolute atomic E-state index is 0.0465. The number of likely N-dealkylation sites (tertiary alicyclic amines) is 1. The molecule has 1 aliphatic heterocycles. The number of amides is 1. The Balaban J connectivity index is 2.52. The first kappa shape index (κ1) is 10.5. The van der Waals surface area contributed by atoms with E-state index in [0.29, 0.717) is 6.04 Å². The summed E-state index contributed by atoms with van der Waals surface area (Å²) in [6.45, 7) is 5.12. The Kier molecular flexibility index (Phi) is 2.93. The van der Waals surface area contributed by atoms with Crippen LogP contribution in [0.4, 0.5) is 0 Å². The summed E-state index contributed by atoms with van der Waals surface area (Å²) < 4.78 is 0. The molecule has 1 rings (SSSR count). The summed E-state index contributed by atoms with van der Waals surface area (Å²) in [7, 11) is 1.92. The van der Waals surface area contributed by atoms with Gasteiger partial charge in [-0.1, -0.05) is 0 Å². The molecule has 1 unspecified atom stereocenters. The minimum Gasteiger partial charge on any atom is -0.339 e. The van der Waals surface area contributed by atoms with Crippen LogP contribution < -0.4 is 11.1 Å². The first-order chi connectivity index (χ1) is 5.95. The summed E-state index contributed by atoms with van der Waals surface area (Å²) in [5.41, 5.74) is 5.00. The molecule has 0 bridgehead atoms. The van der Waals surface area contributed by atoms with Crippen LogP contribution in [-0.2, 0) is 4.79 Å². The van der Waals surface area contributed by atoms with Crippen LogP contribution in [0.25, 0.3) is 0 Å². The molecular formula is C9H19N3O. The SMILES string of the molecule is CNC1CCN(C(=O)C(C)(C)N)C1. The second-order valence-corrected chi connectivity index (χ2v) is 4.25. The smallest absolute Gasteiger partial charge is 0.242 e. The van der Waals surface area contributed by atoms with Gasteiger partial charge in [-0.25, -0.2) is 0 Å². The number of nitrogens with one attached hydrogen (secondary N) is 1. The van der Waals surface area contributed by atoms with Gasteiger partial charge in [0, 0.05) is 19.1 Å². The highest BCUT2D eigenvalue weighted by molar-refractivity contribution is 5.85. The summed E-state index contributed by atoms with van der Waals surface area (Å²) in [5.74, 6) is 0.0465. The number of nitrogens with two attached hydrogens (primary N) is 1. The second-order valence-electron chi connectivity index (χ2n) is 4.25. The first-order valence-electron chi connectivity index (χ1n) is 4.70. The van der Waals surface area contributed by atoms with Gasteiger partial charge in [-0.2, -0.15) is 0 Å². The second kappa shape index (κ2) is 3.64. The number of carbonyl (C=O) groups is 1. The van der Waals surface area contributed by atoms with Crippen LogP contribution in [0.3, 0.4) is 0 Å². The molecule has 0 aromatic carbocycles. The highest BCUT2D eigenvalue weighted by Crippen LogP contribution is 2.13. The summed E-state index contributed by atoms with van der Waals surface area (Å²) in [6, 6.07) is 0.436. The fraction of sp³-hybridized carbons (Fsp3) is 0.889. The largest absolute Gasteiger partial charge is 0.339 e. The lowest BCUT2D eigenvalue weighted by molar-refractivity contribution is -0.134. The van der Waals surface area contributed by atoms with E-state index in [9.17, 15) is 4.79 Å². The van der Waals surface area contributed by atoms with Gasteiger partial charge in [0.1, 0.15) is 0 Å². The monoisotopic (exact) mass is 185 g/mol. The number of nitrogens with zero attached hydrogens (tertiary/aromatic N) is 1. The molecule has 0 spiro atoms. The van der Waals surface area contributed by atoms with Gasteiger partial charge in [-0.15, -0.1) is 0 Å². The van der Waals surface area contributed by atoms with E-state index in [2.05, 4.69) is 5.32 Å². The molecule has 4 heteroatoms. The van der Waals surface area contributed by atoms with Gasteiger partial charge in [0.15, 0.2) is 0 Å². The van der Waals surface area contributed by atoms with Crippen molar-refractivity contribution in [1.82, 2.24) is 10.2 Å². The Bertz CT molecular complexity index is 198. The zero-order valence-electron chi connectivity index (χ0n) is 8.63. The number of hydrogen-bond acceptors (Lipinski definition) is 3. The average molecular weight is 185 g/mol. The van der Waals surface area contributed by atoms with E-state index >= 15 is 0 Å². The van der Waals surface area contributed by atoms with E-state index in [-0.39, 0.29) is 5.91 Å². The third-order valence-corrected chi connectivity index (χ3v) is 2.43. The quantitative estimate of drug-likeness (QED) is 0.612. The van der Waals surface area contributed by atoms with E-state index < -0.39 is 5.54 Å². The Morgan fingerprint density at radius 3 is 2.62 bits per heavy atom. The predicted octanol–water partition coefficient (Wildman–Crippen LogP) is -0.456. The zero-order valence-corrected chi connectivity index (χ0v) is 8.63. The molecular weight excluding hydrogens is 166 g/mol. The van der Waals surface area contributed by atoms with E-state index in [1.165, 1.54) is 0 Å². The Labute approximate surface area is 79.5 Å². The normalized spacial score (nSPS) is 23.7. The van der Waals surface area contributed by atoms with Gasteiger partial charge >= 0.3 is 0 Å².